The lowest BCUT2D eigenvalue weighted by Crippen LogP contribution is -2.22. The second kappa shape index (κ2) is 7.67. The van der Waals surface area contributed by atoms with Crippen molar-refractivity contribution >= 4 is 28.4 Å². The van der Waals surface area contributed by atoms with E-state index in [0.29, 0.717) is 11.4 Å². The van der Waals surface area contributed by atoms with Crippen molar-refractivity contribution in [2.75, 3.05) is 5.32 Å². The number of carbonyl (C=O) groups is 1. The van der Waals surface area contributed by atoms with Gasteiger partial charge in [0, 0.05) is 11.6 Å². The van der Waals surface area contributed by atoms with Crippen molar-refractivity contribution in [1.29, 1.82) is 0 Å². The Bertz CT molecular complexity index is 1280. The lowest BCUT2D eigenvalue weighted by atomic mass is 10.1. The number of halogens is 1. The van der Waals surface area contributed by atoms with Crippen molar-refractivity contribution in [3.8, 4) is 0 Å². The third-order valence-electron chi connectivity index (χ3n) is 4.38. The molecule has 0 bridgehead atoms. The lowest BCUT2D eigenvalue weighted by Gasteiger charge is -2.07. The van der Waals surface area contributed by atoms with Gasteiger partial charge in [0.05, 0.1) is 0 Å². The maximum absolute atomic E-state index is 14.2. The van der Waals surface area contributed by atoms with Crippen LogP contribution in [0, 0.1) is 19.7 Å². The molecule has 0 atom stereocenters. The molecule has 144 valence electrons. The molecule has 4 aromatic rings. The molecule has 0 aliphatic carbocycles. The first-order valence-corrected chi connectivity index (χ1v) is 9.07. The van der Waals surface area contributed by atoms with Crippen LogP contribution in [0.25, 0.3) is 11.0 Å². The third-order valence-corrected chi connectivity index (χ3v) is 4.38. The molecule has 2 aromatic carbocycles. The van der Waals surface area contributed by atoms with Crippen LogP contribution in [0.1, 0.15) is 21.5 Å². The van der Waals surface area contributed by atoms with E-state index in [1.165, 1.54) is 6.07 Å². The van der Waals surface area contributed by atoms with Gasteiger partial charge in [-0.2, -0.15) is 0 Å². The van der Waals surface area contributed by atoms with E-state index in [9.17, 15) is 9.18 Å². The van der Waals surface area contributed by atoms with Gasteiger partial charge in [0.1, 0.15) is 28.5 Å². The van der Waals surface area contributed by atoms with E-state index in [1.807, 2.05) is 38.1 Å². The molecule has 1 N–H and O–H groups in total. The van der Waals surface area contributed by atoms with Crippen LogP contribution in [0.4, 0.5) is 15.9 Å². The van der Waals surface area contributed by atoms with Gasteiger partial charge in [0.2, 0.25) is 5.55 Å². The molecule has 0 saturated heterocycles. The highest BCUT2D eigenvalue weighted by atomic mass is 19.1. The second-order valence-electron chi connectivity index (χ2n) is 6.74. The van der Waals surface area contributed by atoms with Gasteiger partial charge in [0.15, 0.2) is 0 Å². The Balaban J connectivity index is 1.86. The average molecular weight is 387 g/mol. The van der Waals surface area contributed by atoms with Crippen LogP contribution in [0.3, 0.4) is 0 Å². The van der Waals surface area contributed by atoms with Crippen molar-refractivity contribution in [3.63, 3.8) is 0 Å². The summed E-state index contributed by atoms with van der Waals surface area (Å²) < 4.78 is 20.1. The van der Waals surface area contributed by atoms with Gasteiger partial charge in [-0.15, -0.1) is 0 Å². The highest BCUT2D eigenvalue weighted by Gasteiger charge is 2.14. The molecule has 0 unspecified atom stereocenters. The number of aromatic nitrogens is 1. The van der Waals surface area contributed by atoms with E-state index in [2.05, 4.69) is 15.3 Å². The number of fused-ring (bicyclic) bond motifs is 1. The van der Waals surface area contributed by atoms with Gasteiger partial charge in [-0.3, -0.25) is 4.79 Å². The minimum Gasteiger partial charge on any atom is -0.438 e. The summed E-state index contributed by atoms with van der Waals surface area (Å²) in [4.78, 5) is 21.4. The molecular weight excluding hydrogens is 369 g/mol. The maximum Gasteiger partial charge on any atom is 0.262 e. The Hall–Kier alpha value is -3.80. The highest BCUT2D eigenvalue weighted by molar-refractivity contribution is 6.04. The Kier molecular flexibility index (Phi) is 4.91. The summed E-state index contributed by atoms with van der Waals surface area (Å²) in [5.41, 5.74) is 2.69. The number of nitrogens with one attached hydrogen (secondary N) is 1. The summed E-state index contributed by atoms with van der Waals surface area (Å²) in [7, 11) is 0. The monoisotopic (exact) mass is 387 g/mol. The molecule has 2 aromatic heterocycles. The number of pyridine rings is 1. The number of carbonyl (C=O) groups excluding carboxylic acids is 1. The standard InChI is InChI=1S/C23H18FN3O2/c1-14-7-9-18(24)19(11-14)26-23-17(12-16-5-3-4-6-20(16)29-23)22(28)27-21-10-8-15(2)13-25-21/h3-13H,1-2H3,(H,25,27,28). The lowest BCUT2D eigenvalue weighted by molar-refractivity contribution is 0.102. The van der Waals surface area contributed by atoms with Crippen LogP contribution in [0.15, 0.2) is 76.3 Å². The summed E-state index contributed by atoms with van der Waals surface area (Å²) >= 11 is 0. The van der Waals surface area contributed by atoms with Gasteiger partial charge in [-0.1, -0.05) is 30.3 Å². The Morgan fingerprint density at radius 2 is 1.83 bits per heavy atom. The van der Waals surface area contributed by atoms with Gasteiger partial charge in [-0.05, 0) is 55.3 Å². The largest absolute Gasteiger partial charge is 0.438 e. The molecule has 0 aliphatic heterocycles. The maximum atomic E-state index is 14.2. The zero-order chi connectivity index (χ0) is 20.4. The highest BCUT2D eigenvalue weighted by Crippen LogP contribution is 2.20. The summed E-state index contributed by atoms with van der Waals surface area (Å²) in [6, 6.07) is 17.1. The van der Waals surface area contributed by atoms with E-state index >= 15 is 0 Å². The first kappa shape index (κ1) is 18.6. The molecule has 0 saturated carbocycles. The zero-order valence-corrected chi connectivity index (χ0v) is 15.9. The first-order valence-electron chi connectivity index (χ1n) is 9.07. The molecule has 5 nitrogen and oxygen atoms in total. The number of rotatable bonds is 3. The fourth-order valence-corrected chi connectivity index (χ4v) is 2.86. The minimum atomic E-state index is -0.495. The van der Waals surface area contributed by atoms with Crippen molar-refractivity contribution in [1.82, 2.24) is 4.98 Å². The quantitative estimate of drug-likeness (QED) is 0.534. The van der Waals surface area contributed by atoms with Crippen LogP contribution >= 0.6 is 0 Å². The van der Waals surface area contributed by atoms with Crippen molar-refractivity contribution < 1.29 is 13.6 Å². The molecule has 6 heteroatoms. The first-order chi connectivity index (χ1) is 14.0. The molecule has 2 heterocycles. The fraction of sp³-hybridized carbons (Fsp3) is 0.0870. The number of aryl methyl sites for hydroxylation is 2. The summed E-state index contributed by atoms with van der Waals surface area (Å²) in [6.45, 7) is 3.75. The second-order valence-corrected chi connectivity index (χ2v) is 6.74. The Morgan fingerprint density at radius 1 is 1.03 bits per heavy atom. The Morgan fingerprint density at radius 3 is 2.62 bits per heavy atom. The number of benzene rings is 2. The smallest absolute Gasteiger partial charge is 0.262 e. The van der Waals surface area contributed by atoms with Crippen LogP contribution in [0.5, 0.6) is 0 Å². The molecule has 0 spiro atoms. The SMILES string of the molecule is Cc1ccc(NC(=O)c2cc3ccccc3oc2=Nc2cc(C)ccc2F)nc1. The molecule has 4 rings (SSSR count). The van der Waals surface area contributed by atoms with Crippen molar-refractivity contribution in [2.24, 2.45) is 4.99 Å². The Labute approximate surface area is 166 Å². The van der Waals surface area contributed by atoms with Gasteiger partial charge in [-0.25, -0.2) is 14.4 Å². The van der Waals surface area contributed by atoms with Crippen LogP contribution in [-0.4, -0.2) is 10.9 Å². The van der Waals surface area contributed by atoms with E-state index < -0.39 is 11.7 Å². The number of anilines is 1. The van der Waals surface area contributed by atoms with Gasteiger partial charge >= 0.3 is 0 Å². The number of hydrogen-bond acceptors (Lipinski definition) is 4. The summed E-state index contributed by atoms with van der Waals surface area (Å²) in [5.74, 6) is -0.533. The van der Waals surface area contributed by atoms with E-state index in [4.69, 9.17) is 4.42 Å². The zero-order valence-electron chi connectivity index (χ0n) is 15.9. The van der Waals surface area contributed by atoms with Crippen molar-refractivity contribution in [3.05, 3.63) is 94.9 Å². The third kappa shape index (κ3) is 4.06. The summed E-state index contributed by atoms with van der Waals surface area (Å²) in [6.07, 6.45) is 1.66. The van der Waals surface area contributed by atoms with Gasteiger partial charge < -0.3 is 9.73 Å². The molecular formula is C23H18FN3O2. The molecule has 0 fully saturated rings. The van der Waals surface area contributed by atoms with Crippen molar-refractivity contribution in [2.45, 2.75) is 13.8 Å². The summed E-state index contributed by atoms with van der Waals surface area (Å²) in [5, 5.41) is 3.47. The topological polar surface area (TPSA) is 67.5 Å². The van der Waals surface area contributed by atoms with E-state index in [0.717, 1.165) is 16.5 Å². The molecule has 29 heavy (non-hydrogen) atoms. The van der Waals surface area contributed by atoms with Gasteiger partial charge in [0.25, 0.3) is 5.91 Å². The van der Waals surface area contributed by atoms with Crippen LogP contribution in [-0.2, 0) is 0 Å². The minimum absolute atomic E-state index is 0.0258. The number of hydrogen-bond donors (Lipinski definition) is 1. The predicted octanol–water partition coefficient (Wildman–Crippen LogP) is 5.07. The fourth-order valence-electron chi connectivity index (χ4n) is 2.86. The predicted molar refractivity (Wildman–Crippen MR) is 110 cm³/mol. The van der Waals surface area contributed by atoms with E-state index in [-0.39, 0.29) is 16.8 Å². The number of para-hydroxylation sites is 1. The van der Waals surface area contributed by atoms with Crippen LogP contribution < -0.4 is 10.9 Å². The normalized spacial score (nSPS) is 11.6. The number of amides is 1. The van der Waals surface area contributed by atoms with E-state index in [1.54, 1.807) is 36.5 Å². The average Bonchev–Trinajstić information content (AvgIpc) is 2.72. The molecule has 0 radical (unpaired) electrons. The molecule has 1 amide bonds. The molecule has 0 aliphatic rings. The van der Waals surface area contributed by atoms with Crippen LogP contribution in [0.2, 0.25) is 0 Å². The number of nitrogens with zero attached hydrogens (tertiary/aromatic N) is 2.